The fourth-order valence-corrected chi connectivity index (χ4v) is 9.02. The van der Waals surface area contributed by atoms with Crippen LogP contribution >= 0.6 is 0 Å². The lowest BCUT2D eigenvalue weighted by atomic mass is 9.82. The van der Waals surface area contributed by atoms with Crippen molar-refractivity contribution in [3.05, 3.63) is 280 Å². The summed E-state index contributed by atoms with van der Waals surface area (Å²) in [6.07, 6.45) is 22.5. The van der Waals surface area contributed by atoms with Gasteiger partial charge in [0.2, 0.25) is 0 Å². The third kappa shape index (κ3) is 16.2. The second-order valence-corrected chi connectivity index (χ2v) is 19.4. The number of para-hydroxylation sites is 2. The first kappa shape index (κ1) is 57.8. The number of fused-ring (bicyclic) bond motifs is 4. The molecule has 0 radical (unpaired) electrons. The van der Waals surface area contributed by atoms with Crippen molar-refractivity contribution in [2.75, 3.05) is 5.32 Å². The van der Waals surface area contributed by atoms with Crippen LogP contribution in [-0.4, -0.2) is 0 Å². The molecule has 0 bridgehead atoms. The third-order valence-corrected chi connectivity index (χ3v) is 13.2. The number of hydrogen-bond acceptors (Lipinski definition) is 2. The van der Waals surface area contributed by atoms with E-state index in [9.17, 15) is 0 Å². The Morgan fingerprint density at radius 3 is 1.67 bits per heavy atom. The van der Waals surface area contributed by atoms with E-state index >= 15 is 0 Å². The lowest BCUT2D eigenvalue weighted by Crippen LogP contribution is -2.13. The van der Waals surface area contributed by atoms with Gasteiger partial charge in [-0.05, 0) is 160 Å². The van der Waals surface area contributed by atoms with Crippen LogP contribution in [0.4, 0.5) is 5.69 Å². The van der Waals surface area contributed by atoms with Crippen LogP contribution in [0.1, 0.15) is 118 Å². The molecule has 1 N–H and O–H groups in total. The molecule has 2 aliphatic rings. The molecule has 10 rings (SSSR count). The maximum atomic E-state index is 6.32. The van der Waals surface area contributed by atoms with Gasteiger partial charge in [0.05, 0.1) is 5.70 Å². The molecule has 7 aromatic carbocycles. The third-order valence-electron chi connectivity index (χ3n) is 13.2. The number of benzene rings is 7. The van der Waals surface area contributed by atoms with Gasteiger partial charge in [0.1, 0.15) is 5.58 Å². The molecular formula is C73H79NO. The zero-order valence-electron chi connectivity index (χ0n) is 46.5. The Labute approximate surface area is 451 Å². The monoisotopic (exact) mass is 986 g/mol. The number of nitrogens with one attached hydrogen (secondary N) is 1. The first-order chi connectivity index (χ1) is 36.3. The van der Waals surface area contributed by atoms with Crippen molar-refractivity contribution in [2.24, 2.45) is 0 Å². The molecule has 1 unspecified atom stereocenters. The molecule has 0 saturated heterocycles. The second kappa shape index (κ2) is 29.5. The minimum Gasteiger partial charge on any atom is -0.454 e. The highest BCUT2D eigenvalue weighted by Gasteiger charge is 2.30. The fourth-order valence-electron chi connectivity index (χ4n) is 9.02. The van der Waals surface area contributed by atoms with Crippen LogP contribution in [0.25, 0.3) is 44.5 Å². The summed E-state index contributed by atoms with van der Waals surface area (Å²) in [5.41, 5.74) is 22.8. The van der Waals surface area contributed by atoms with Crippen LogP contribution in [0.2, 0.25) is 0 Å². The van der Waals surface area contributed by atoms with Crippen LogP contribution in [-0.2, 0) is 6.42 Å². The van der Waals surface area contributed by atoms with Crippen molar-refractivity contribution in [1.29, 1.82) is 0 Å². The Hall–Kier alpha value is -8.12. The van der Waals surface area contributed by atoms with Crippen molar-refractivity contribution in [3.63, 3.8) is 0 Å². The Morgan fingerprint density at radius 2 is 1.11 bits per heavy atom. The molecule has 75 heavy (non-hydrogen) atoms. The van der Waals surface area contributed by atoms with Crippen LogP contribution in [0.3, 0.4) is 0 Å². The first-order valence-electron chi connectivity index (χ1n) is 26.4. The van der Waals surface area contributed by atoms with Gasteiger partial charge in [-0.1, -0.05) is 238 Å². The lowest BCUT2D eigenvalue weighted by molar-refractivity contribution is 0.577. The summed E-state index contributed by atoms with van der Waals surface area (Å²) in [6.45, 7) is 27.7. The number of rotatable bonds is 8. The van der Waals surface area contributed by atoms with Gasteiger partial charge in [0.25, 0.3) is 0 Å². The predicted octanol–water partition coefficient (Wildman–Crippen LogP) is 21.1. The van der Waals surface area contributed by atoms with Crippen molar-refractivity contribution >= 4 is 27.9 Å². The second-order valence-electron chi connectivity index (χ2n) is 19.4. The maximum Gasteiger partial charge on any atom is 0.155 e. The Bertz CT molecular complexity index is 3200. The van der Waals surface area contributed by atoms with E-state index in [2.05, 4.69) is 238 Å². The van der Waals surface area contributed by atoms with Crippen LogP contribution < -0.4 is 5.32 Å². The number of terminal acetylenes is 1. The lowest BCUT2D eigenvalue weighted by Gasteiger charge is -2.26. The van der Waals surface area contributed by atoms with Gasteiger partial charge in [-0.25, -0.2) is 0 Å². The highest BCUT2D eigenvalue weighted by Crippen LogP contribution is 2.46. The summed E-state index contributed by atoms with van der Waals surface area (Å²) in [6, 6.07) is 61.9. The number of aryl methyl sites for hydroxylation is 3. The fraction of sp³-hybridized carbons (Fsp3) is 0.205. The SMILES string of the molecule is C#C.C/C=C\C.C/C=C\C1=C(C)Cc2ccc(-c3ccc(C(C)C)cc3)cc21.C=C(/C=C\C)C1=C(Nc2ccccc2)c2oc3ccccc3c2C(C)C1.Cc1ccc(-c2ccccc2)cc1.Cc1ccc(C)cc1. The van der Waals surface area contributed by atoms with Crippen molar-refractivity contribution in [1.82, 2.24) is 0 Å². The van der Waals surface area contributed by atoms with Crippen LogP contribution in [0.5, 0.6) is 0 Å². The molecule has 0 saturated carbocycles. The first-order valence-corrected chi connectivity index (χ1v) is 26.4. The summed E-state index contributed by atoms with van der Waals surface area (Å²) in [5.74, 6) is 1.90. The molecule has 0 fully saturated rings. The average molecular weight is 986 g/mol. The summed E-state index contributed by atoms with van der Waals surface area (Å²) in [7, 11) is 0. The zero-order valence-corrected chi connectivity index (χ0v) is 46.5. The van der Waals surface area contributed by atoms with Crippen molar-refractivity contribution in [2.45, 2.75) is 101 Å². The molecule has 1 heterocycles. The minimum atomic E-state index is 0.381. The Balaban J connectivity index is 0.000000190. The number of furan rings is 1. The van der Waals surface area contributed by atoms with Gasteiger partial charge >= 0.3 is 0 Å². The molecule has 1 aromatic heterocycles. The molecule has 0 spiro atoms. The maximum absolute atomic E-state index is 6.32. The van der Waals surface area contributed by atoms with Crippen molar-refractivity contribution < 1.29 is 4.42 Å². The van der Waals surface area contributed by atoms with E-state index in [4.69, 9.17) is 4.42 Å². The summed E-state index contributed by atoms with van der Waals surface area (Å²) < 4.78 is 6.32. The summed E-state index contributed by atoms with van der Waals surface area (Å²) >= 11 is 0. The van der Waals surface area contributed by atoms with Crippen LogP contribution in [0, 0.1) is 33.6 Å². The smallest absolute Gasteiger partial charge is 0.155 e. The van der Waals surface area contributed by atoms with E-state index in [1.807, 2.05) is 75.4 Å². The van der Waals surface area contributed by atoms with Gasteiger partial charge in [0, 0.05) is 16.6 Å². The number of anilines is 1. The minimum absolute atomic E-state index is 0.381. The van der Waals surface area contributed by atoms with Gasteiger partial charge in [-0.2, -0.15) is 0 Å². The highest BCUT2D eigenvalue weighted by atomic mass is 16.3. The highest BCUT2D eigenvalue weighted by molar-refractivity contribution is 5.93. The quantitative estimate of drug-likeness (QED) is 0.0932. The molecule has 0 aliphatic heterocycles. The number of hydrogen-bond donors (Lipinski definition) is 1. The molecule has 8 aromatic rings. The molecular weight excluding hydrogens is 907 g/mol. The van der Waals surface area contributed by atoms with Gasteiger partial charge in [-0.3, -0.25) is 0 Å². The van der Waals surface area contributed by atoms with Crippen LogP contribution in [0.15, 0.2) is 240 Å². The number of allylic oxidation sites excluding steroid dienone is 10. The predicted molar refractivity (Wildman–Crippen MR) is 330 cm³/mol. The van der Waals surface area contributed by atoms with E-state index in [1.54, 1.807) is 0 Å². The van der Waals surface area contributed by atoms with Gasteiger partial charge < -0.3 is 9.73 Å². The zero-order chi connectivity index (χ0) is 54.3. The molecule has 1 atom stereocenters. The Morgan fingerprint density at radius 1 is 0.600 bits per heavy atom. The summed E-state index contributed by atoms with van der Waals surface area (Å²) in [5, 5.41) is 4.81. The molecule has 2 heteroatoms. The standard InChI is InChI=1S/C24H23NO.C22H24.C13H12.C8H10.C4H8.C2H2/c1-4-10-16(2)20-15-17(3)22-19-13-8-9-14-21(19)26-24(22)23(20)25-18-11-6-5-7-12-18;1-5-6-21-16(4)13-20-12-11-19(14-22(20)21)18-9-7-17(8-10-18)15(2)3;1-11-7-9-13(10-8-11)12-5-3-2-4-6-12;1-7-3-5-8(2)6-4-7;1-3-4-2;1-2/h4-14,17,25H,2,15H2,1,3H3;5-12,14-15H,13H2,1-4H3;2-10H,1H3;3-6H,1-2H3;3-4H,1-2H3;1-2H/b10-4-;6-5-;;;4-3-;. The van der Waals surface area contributed by atoms with E-state index in [1.165, 1.54) is 83.3 Å². The molecule has 2 aliphatic carbocycles. The molecule has 2 nitrogen and oxygen atoms in total. The molecule has 0 amide bonds. The van der Waals surface area contributed by atoms with E-state index in [-0.39, 0.29) is 0 Å². The van der Waals surface area contributed by atoms with E-state index in [0.29, 0.717) is 11.8 Å². The topological polar surface area (TPSA) is 25.2 Å². The van der Waals surface area contributed by atoms with Crippen molar-refractivity contribution in [3.8, 4) is 35.1 Å². The largest absolute Gasteiger partial charge is 0.454 e. The average Bonchev–Trinajstić information content (AvgIpc) is 3.99. The molecule has 382 valence electrons. The Kier molecular flexibility index (Phi) is 22.8. The normalized spacial score (nSPS) is 13.3. The van der Waals surface area contributed by atoms with E-state index in [0.717, 1.165) is 41.1 Å². The van der Waals surface area contributed by atoms with Gasteiger partial charge in [-0.15, -0.1) is 12.8 Å². The summed E-state index contributed by atoms with van der Waals surface area (Å²) in [4.78, 5) is 0. The van der Waals surface area contributed by atoms with E-state index < -0.39 is 0 Å². The van der Waals surface area contributed by atoms with Gasteiger partial charge in [0.15, 0.2) is 5.76 Å².